The summed E-state index contributed by atoms with van der Waals surface area (Å²) in [4.78, 5) is 0. The van der Waals surface area contributed by atoms with Crippen molar-refractivity contribution in [2.75, 3.05) is 0 Å². The van der Waals surface area contributed by atoms with Crippen LogP contribution in [0.4, 0.5) is 0 Å². The molecule has 4 saturated carbocycles. The van der Waals surface area contributed by atoms with Crippen LogP contribution in [0.5, 0.6) is 0 Å². The Bertz CT molecular complexity index is 567. The fraction of sp³-hybridized carbons (Fsp3) is 0.923. The first-order chi connectivity index (χ1) is 12.8. The summed E-state index contributed by atoms with van der Waals surface area (Å²) in [7, 11) is 0. The van der Waals surface area contributed by atoms with Crippen LogP contribution < -0.4 is 5.73 Å². The van der Waals surface area contributed by atoms with Gasteiger partial charge in [0.05, 0.1) is 0 Å². The lowest BCUT2D eigenvalue weighted by atomic mass is 9.44. The summed E-state index contributed by atoms with van der Waals surface area (Å²) >= 11 is 0. The van der Waals surface area contributed by atoms with E-state index >= 15 is 0 Å². The summed E-state index contributed by atoms with van der Waals surface area (Å²) in [6.07, 6.45) is 15.5. The molecule has 9 unspecified atom stereocenters. The first-order valence-electron chi connectivity index (χ1n) is 12.2. The summed E-state index contributed by atoms with van der Waals surface area (Å²) in [5.74, 6) is 5.74. The summed E-state index contributed by atoms with van der Waals surface area (Å²) in [6, 6.07) is 0.485. The van der Waals surface area contributed by atoms with E-state index in [-0.39, 0.29) is 0 Å². The molecule has 0 aromatic heterocycles. The molecule has 4 aliphatic rings. The van der Waals surface area contributed by atoms with E-state index in [1.165, 1.54) is 76.2 Å². The number of nitrogens with two attached hydrogens (primary N) is 1. The van der Waals surface area contributed by atoms with Gasteiger partial charge in [-0.2, -0.15) is 0 Å². The summed E-state index contributed by atoms with van der Waals surface area (Å²) in [6.45, 7) is 14.3. The molecule has 0 radical (unpaired) electrons. The van der Waals surface area contributed by atoms with Crippen molar-refractivity contribution in [3.8, 4) is 0 Å². The van der Waals surface area contributed by atoms with Crippen LogP contribution in [0.1, 0.15) is 98.3 Å². The smallest absolute Gasteiger partial charge is 0.00418 e. The molecule has 0 aromatic carbocycles. The highest BCUT2D eigenvalue weighted by Gasteiger charge is 2.60. The van der Waals surface area contributed by atoms with Crippen LogP contribution in [0.15, 0.2) is 12.2 Å². The van der Waals surface area contributed by atoms with Gasteiger partial charge in [-0.15, -0.1) is 6.58 Å². The van der Waals surface area contributed by atoms with Crippen molar-refractivity contribution in [3.63, 3.8) is 0 Å². The van der Waals surface area contributed by atoms with Crippen molar-refractivity contribution < 1.29 is 0 Å². The minimum Gasteiger partial charge on any atom is -0.328 e. The Kier molecular flexibility index (Phi) is 5.32. The molecule has 0 heterocycles. The fourth-order valence-corrected chi connectivity index (χ4v) is 8.94. The highest BCUT2D eigenvalue weighted by molar-refractivity contribution is 5.10. The van der Waals surface area contributed by atoms with Crippen LogP contribution in [0, 0.1) is 46.3 Å². The molecule has 0 amide bonds. The van der Waals surface area contributed by atoms with E-state index in [4.69, 9.17) is 5.73 Å². The third-order valence-electron chi connectivity index (χ3n) is 10.5. The van der Waals surface area contributed by atoms with E-state index in [0.29, 0.717) is 16.9 Å². The summed E-state index contributed by atoms with van der Waals surface area (Å²) < 4.78 is 0. The lowest BCUT2D eigenvalue weighted by molar-refractivity contribution is -0.116. The third-order valence-corrected chi connectivity index (χ3v) is 10.5. The lowest BCUT2D eigenvalue weighted by Crippen LogP contribution is -2.54. The largest absolute Gasteiger partial charge is 0.328 e. The molecule has 27 heavy (non-hydrogen) atoms. The van der Waals surface area contributed by atoms with Crippen molar-refractivity contribution in [1.29, 1.82) is 0 Å². The Morgan fingerprint density at radius 1 is 1.00 bits per heavy atom. The summed E-state index contributed by atoms with van der Waals surface area (Å²) in [5.41, 5.74) is 8.95. The minimum atomic E-state index is 0.485. The molecule has 0 saturated heterocycles. The van der Waals surface area contributed by atoms with Gasteiger partial charge in [-0.05, 0) is 124 Å². The highest BCUT2D eigenvalue weighted by atomic mass is 14.7. The van der Waals surface area contributed by atoms with Crippen LogP contribution >= 0.6 is 0 Å². The van der Waals surface area contributed by atoms with Gasteiger partial charge >= 0.3 is 0 Å². The molecule has 2 N–H and O–H groups in total. The quantitative estimate of drug-likeness (QED) is 0.531. The molecule has 1 nitrogen and oxygen atoms in total. The molecule has 4 aliphatic carbocycles. The molecular formula is C26H45N. The van der Waals surface area contributed by atoms with E-state index in [9.17, 15) is 0 Å². The monoisotopic (exact) mass is 371 g/mol. The molecule has 0 aromatic rings. The van der Waals surface area contributed by atoms with Gasteiger partial charge in [0.15, 0.2) is 0 Å². The number of rotatable bonds is 4. The number of fused-ring (bicyclic) bond motifs is 5. The Morgan fingerprint density at radius 2 is 1.70 bits per heavy atom. The van der Waals surface area contributed by atoms with Gasteiger partial charge in [-0.25, -0.2) is 0 Å². The molecule has 4 fully saturated rings. The molecule has 4 rings (SSSR count). The van der Waals surface area contributed by atoms with Crippen molar-refractivity contribution >= 4 is 0 Å². The van der Waals surface area contributed by atoms with Crippen molar-refractivity contribution in [3.05, 3.63) is 12.2 Å². The SMILES string of the molecule is C=C(C)CCC(C)C1CCC2C3CCC4CC(N)CCC4(C)C3CCC12C. The second-order valence-corrected chi connectivity index (χ2v) is 11.9. The third kappa shape index (κ3) is 3.24. The maximum Gasteiger partial charge on any atom is 0.00418 e. The summed E-state index contributed by atoms with van der Waals surface area (Å²) in [5, 5.41) is 0. The average Bonchev–Trinajstić information content (AvgIpc) is 2.97. The second-order valence-electron chi connectivity index (χ2n) is 11.9. The maximum absolute atomic E-state index is 6.37. The molecule has 0 bridgehead atoms. The van der Waals surface area contributed by atoms with E-state index in [0.717, 1.165) is 35.5 Å². The molecule has 9 atom stereocenters. The number of allylic oxidation sites excluding steroid dienone is 1. The molecular weight excluding hydrogens is 326 g/mol. The maximum atomic E-state index is 6.37. The van der Waals surface area contributed by atoms with E-state index in [1.807, 2.05) is 0 Å². The normalized spacial score (nSPS) is 50.4. The molecule has 0 spiro atoms. The van der Waals surface area contributed by atoms with Crippen LogP contribution in [0.2, 0.25) is 0 Å². The first kappa shape index (κ1) is 20.0. The Hall–Kier alpha value is -0.300. The van der Waals surface area contributed by atoms with E-state index in [2.05, 4.69) is 34.3 Å². The number of hydrogen-bond acceptors (Lipinski definition) is 1. The van der Waals surface area contributed by atoms with E-state index in [1.54, 1.807) is 0 Å². The van der Waals surface area contributed by atoms with Gasteiger partial charge in [0.25, 0.3) is 0 Å². The Labute approximate surface area is 168 Å². The fourth-order valence-electron chi connectivity index (χ4n) is 8.94. The van der Waals surface area contributed by atoms with Crippen LogP contribution in [-0.4, -0.2) is 6.04 Å². The molecule has 1 heteroatoms. The zero-order valence-corrected chi connectivity index (χ0v) is 18.6. The number of hydrogen-bond donors (Lipinski definition) is 1. The average molecular weight is 372 g/mol. The highest BCUT2D eigenvalue weighted by Crippen LogP contribution is 2.68. The zero-order valence-electron chi connectivity index (χ0n) is 18.6. The molecule has 0 aliphatic heterocycles. The minimum absolute atomic E-state index is 0.485. The Balaban J connectivity index is 1.51. The topological polar surface area (TPSA) is 26.0 Å². The Morgan fingerprint density at radius 3 is 2.44 bits per heavy atom. The van der Waals surface area contributed by atoms with Crippen molar-refractivity contribution in [2.45, 2.75) is 104 Å². The lowest BCUT2D eigenvalue weighted by Gasteiger charge is -2.61. The van der Waals surface area contributed by atoms with Gasteiger partial charge in [0, 0.05) is 6.04 Å². The van der Waals surface area contributed by atoms with Gasteiger partial charge in [0.2, 0.25) is 0 Å². The predicted molar refractivity (Wildman–Crippen MR) is 116 cm³/mol. The van der Waals surface area contributed by atoms with Crippen LogP contribution in [-0.2, 0) is 0 Å². The first-order valence-corrected chi connectivity index (χ1v) is 12.2. The second kappa shape index (κ2) is 7.19. The van der Waals surface area contributed by atoms with E-state index < -0.39 is 0 Å². The van der Waals surface area contributed by atoms with Crippen molar-refractivity contribution in [1.82, 2.24) is 0 Å². The zero-order chi connectivity index (χ0) is 19.4. The standard InChI is InChI=1S/C26H45N/c1-17(2)6-7-18(3)22-10-11-23-21-9-8-19-16-20(27)12-14-25(19,4)24(21)13-15-26(22,23)5/h18-24H,1,6-16,27H2,2-5H3. The molecule has 154 valence electrons. The predicted octanol–water partition coefficient (Wildman–Crippen LogP) is 6.97. The van der Waals surface area contributed by atoms with Crippen molar-refractivity contribution in [2.24, 2.45) is 52.1 Å². The van der Waals surface area contributed by atoms with Crippen LogP contribution in [0.3, 0.4) is 0 Å². The van der Waals surface area contributed by atoms with Gasteiger partial charge in [0.1, 0.15) is 0 Å². The van der Waals surface area contributed by atoms with Gasteiger partial charge in [-0.1, -0.05) is 26.3 Å². The van der Waals surface area contributed by atoms with Gasteiger partial charge < -0.3 is 5.73 Å². The van der Waals surface area contributed by atoms with Gasteiger partial charge in [-0.3, -0.25) is 0 Å². The van der Waals surface area contributed by atoms with Crippen LogP contribution in [0.25, 0.3) is 0 Å².